The standard InChI is InChI=1S/C21H26ClN9O8S2/c1-4-31-16(32)14(21(34,35)40-36)10(2)15(17(31)33)30-29-12-9-11(5-6-13(12)41(37,38)39)25-20-27-18(22)26-19(28-20)24-8-7-23-3/h5-6,9,23,32,34-36H,4,7-8H2,1-3H3,(H,37,38,39)(H2,24,25,26,27,28). The fraction of sp³-hybridized carbons (Fsp3) is 0.333. The highest BCUT2D eigenvalue weighted by Crippen LogP contribution is 2.39. The van der Waals surface area contributed by atoms with Crippen LogP contribution in [0.25, 0.3) is 0 Å². The van der Waals surface area contributed by atoms with E-state index in [1.807, 2.05) is 0 Å². The maximum absolute atomic E-state index is 13.0. The zero-order valence-electron chi connectivity index (χ0n) is 21.7. The summed E-state index contributed by atoms with van der Waals surface area (Å²) < 4.78 is 43.8. The second-order valence-corrected chi connectivity index (χ2v) is 10.7. The smallest absolute Gasteiger partial charge is 0.296 e. The van der Waals surface area contributed by atoms with Crippen LogP contribution in [0.5, 0.6) is 5.88 Å². The van der Waals surface area contributed by atoms with Crippen LogP contribution in [-0.4, -0.2) is 72.5 Å². The van der Waals surface area contributed by atoms with Crippen molar-refractivity contribution in [3.63, 3.8) is 0 Å². The summed E-state index contributed by atoms with van der Waals surface area (Å²) in [5.74, 6) is -0.692. The minimum absolute atomic E-state index is 0.0203. The first kappa shape index (κ1) is 32.1. The number of benzene rings is 1. The number of aromatic nitrogens is 4. The van der Waals surface area contributed by atoms with Crippen molar-refractivity contribution in [2.75, 3.05) is 30.8 Å². The fourth-order valence-electron chi connectivity index (χ4n) is 3.56. The van der Waals surface area contributed by atoms with Crippen molar-refractivity contribution in [3.8, 4) is 5.88 Å². The Morgan fingerprint density at radius 2 is 1.83 bits per heavy atom. The molecule has 0 aliphatic carbocycles. The predicted molar refractivity (Wildman–Crippen MR) is 150 cm³/mol. The highest BCUT2D eigenvalue weighted by molar-refractivity contribution is 7.94. The lowest BCUT2D eigenvalue weighted by atomic mass is 10.1. The molecule has 2 heterocycles. The Kier molecular flexibility index (Phi) is 10.2. The van der Waals surface area contributed by atoms with Crippen molar-refractivity contribution in [3.05, 3.63) is 45.0 Å². The number of azo groups is 1. The van der Waals surface area contributed by atoms with Crippen molar-refractivity contribution in [2.24, 2.45) is 10.2 Å². The number of pyridine rings is 1. The zero-order valence-corrected chi connectivity index (χ0v) is 24.1. The maximum Gasteiger partial charge on any atom is 0.296 e. The number of nitrogens with one attached hydrogen (secondary N) is 3. The van der Waals surface area contributed by atoms with Gasteiger partial charge >= 0.3 is 0 Å². The molecule has 17 nitrogen and oxygen atoms in total. The van der Waals surface area contributed by atoms with Crippen LogP contribution in [0.2, 0.25) is 5.28 Å². The molecule has 0 saturated heterocycles. The van der Waals surface area contributed by atoms with Gasteiger partial charge in [-0.3, -0.25) is 13.9 Å². The molecule has 41 heavy (non-hydrogen) atoms. The molecule has 0 saturated carbocycles. The molecule has 222 valence electrons. The Balaban J connectivity index is 2.11. The van der Waals surface area contributed by atoms with E-state index in [2.05, 4.69) is 41.1 Å². The molecule has 2 aromatic heterocycles. The Hall–Kier alpha value is -3.43. The van der Waals surface area contributed by atoms with Crippen molar-refractivity contribution in [2.45, 2.75) is 30.4 Å². The number of nitrogens with zero attached hydrogens (tertiary/aromatic N) is 6. The fourth-order valence-corrected chi connectivity index (χ4v) is 4.66. The number of aliphatic hydroxyl groups is 2. The molecule has 8 N–H and O–H groups in total. The molecule has 3 aromatic rings. The number of hydrogen-bond donors (Lipinski definition) is 8. The summed E-state index contributed by atoms with van der Waals surface area (Å²) in [6, 6.07) is 3.43. The number of aromatic hydroxyl groups is 1. The average molecular weight is 632 g/mol. The van der Waals surface area contributed by atoms with E-state index in [0.717, 1.165) is 16.7 Å². The minimum atomic E-state index is -4.83. The average Bonchev–Trinajstić information content (AvgIpc) is 2.88. The van der Waals surface area contributed by atoms with E-state index in [9.17, 15) is 37.6 Å². The third-order valence-electron chi connectivity index (χ3n) is 5.44. The first-order valence-electron chi connectivity index (χ1n) is 11.6. The van der Waals surface area contributed by atoms with Gasteiger partial charge in [-0.1, -0.05) is 0 Å². The van der Waals surface area contributed by atoms with E-state index < -0.39 is 60.6 Å². The second kappa shape index (κ2) is 13.0. The Bertz CT molecular complexity index is 1630. The molecule has 3 rings (SSSR count). The van der Waals surface area contributed by atoms with Gasteiger partial charge in [-0.25, -0.2) is 0 Å². The van der Waals surface area contributed by atoms with Gasteiger partial charge < -0.3 is 35.8 Å². The van der Waals surface area contributed by atoms with Crippen LogP contribution in [0, 0.1) is 6.92 Å². The maximum atomic E-state index is 13.0. The van der Waals surface area contributed by atoms with Gasteiger partial charge in [-0.05, 0) is 56.3 Å². The van der Waals surface area contributed by atoms with Crippen LogP contribution >= 0.6 is 23.6 Å². The Morgan fingerprint density at radius 1 is 1.15 bits per heavy atom. The zero-order chi connectivity index (χ0) is 30.5. The third-order valence-corrected chi connectivity index (χ3v) is 6.97. The summed E-state index contributed by atoms with van der Waals surface area (Å²) in [5, 5.41) is 43.9. The number of anilines is 3. The van der Waals surface area contributed by atoms with Crippen molar-refractivity contribution < 1.29 is 32.8 Å². The lowest BCUT2D eigenvalue weighted by Gasteiger charge is -2.23. The summed E-state index contributed by atoms with van der Waals surface area (Å²) in [6.45, 7) is 3.63. The number of halogens is 1. The van der Waals surface area contributed by atoms with Crippen LogP contribution < -0.4 is 21.5 Å². The predicted octanol–water partition coefficient (Wildman–Crippen LogP) is 2.06. The summed E-state index contributed by atoms with van der Waals surface area (Å²) in [6.07, 6.45) is 0. The highest BCUT2D eigenvalue weighted by Gasteiger charge is 2.36. The molecule has 0 fully saturated rings. The van der Waals surface area contributed by atoms with Crippen LogP contribution in [0.4, 0.5) is 29.0 Å². The normalized spacial score (nSPS) is 12.2. The van der Waals surface area contributed by atoms with E-state index in [-0.39, 0.29) is 35.0 Å². The highest BCUT2D eigenvalue weighted by atomic mass is 35.5. The van der Waals surface area contributed by atoms with E-state index in [0.29, 0.717) is 13.1 Å². The molecular formula is C21H26ClN9O8S2. The summed E-state index contributed by atoms with van der Waals surface area (Å²) in [4.78, 5) is 24.4. The number of rotatable bonds is 12. The monoisotopic (exact) mass is 631 g/mol. The molecule has 1 aromatic carbocycles. The van der Waals surface area contributed by atoms with E-state index in [4.69, 9.17) is 11.6 Å². The molecule has 0 aliphatic rings. The van der Waals surface area contributed by atoms with E-state index >= 15 is 0 Å². The van der Waals surface area contributed by atoms with Gasteiger partial charge in [0.15, 0.2) is 5.69 Å². The minimum Gasteiger partial charge on any atom is -0.494 e. The van der Waals surface area contributed by atoms with Gasteiger partial charge in [-0.15, -0.1) is 10.2 Å². The molecule has 0 radical (unpaired) electrons. The van der Waals surface area contributed by atoms with Gasteiger partial charge in [0.1, 0.15) is 10.6 Å². The second-order valence-electron chi connectivity index (χ2n) is 8.19. The number of likely N-dealkylation sites (N-methyl/N-ethyl adjacent to an activating group) is 1. The Labute approximate surface area is 242 Å². The summed E-state index contributed by atoms with van der Waals surface area (Å²) in [5.41, 5.74) is -2.59. The van der Waals surface area contributed by atoms with Gasteiger partial charge in [0.05, 0.1) is 17.6 Å². The van der Waals surface area contributed by atoms with E-state index in [1.54, 1.807) is 7.05 Å². The first-order chi connectivity index (χ1) is 19.2. The van der Waals surface area contributed by atoms with Crippen molar-refractivity contribution in [1.82, 2.24) is 24.8 Å². The SMILES string of the molecule is CCn1c(O)c(C(O)(O)SO)c(C)c(N=Nc2cc(Nc3nc(Cl)nc(NCCNC)n3)ccc2S(=O)(=O)O)c1=O. The van der Waals surface area contributed by atoms with Crippen LogP contribution in [0.3, 0.4) is 0 Å². The van der Waals surface area contributed by atoms with Crippen molar-refractivity contribution in [1.29, 1.82) is 0 Å². The Morgan fingerprint density at radius 3 is 2.44 bits per heavy atom. The van der Waals surface area contributed by atoms with Crippen molar-refractivity contribution >= 4 is 62.7 Å². The lowest BCUT2D eigenvalue weighted by Crippen LogP contribution is -2.28. The quantitative estimate of drug-likeness (QED) is 0.0467. The molecule has 0 atom stereocenters. The van der Waals surface area contributed by atoms with Crippen LogP contribution in [-0.2, 0) is 21.8 Å². The van der Waals surface area contributed by atoms with E-state index in [1.165, 1.54) is 19.9 Å². The molecule has 0 spiro atoms. The summed E-state index contributed by atoms with van der Waals surface area (Å²) in [7, 11) is -3.06. The van der Waals surface area contributed by atoms with Gasteiger partial charge in [0.25, 0.3) is 20.8 Å². The third kappa shape index (κ3) is 7.45. The molecule has 0 amide bonds. The lowest BCUT2D eigenvalue weighted by molar-refractivity contribution is -0.0880. The molecule has 0 aliphatic heterocycles. The number of hydrogen-bond acceptors (Lipinski definition) is 16. The van der Waals surface area contributed by atoms with Crippen LogP contribution in [0.1, 0.15) is 18.1 Å². The van der Waals surface area contributed by atoms with Gasteiger partial charge in [0, 0.05) is 25.3 Å². The largest absolute Gasteiger partial charge is 0.494 e. The molecule has 0 unspecified atom stereocenters. The molecule has 0 bridgehead atoms. The summed E-state index contributed by atoms with van der Waals surface area (Å²) >= 11 is 5.56. The molecular weight excluding hydrogens is 606 g/mol. The first-order valence-corrected chi connectivity index (χ1v) is 14.2. The van der Waals surface area contributed by atoms with Crippen LogP contribution in [0.15, 0.2) is 38.1 Å². The van der Waals surface area contributed by atoms with Gasteiger partial charge in [-0.2, -0.15) is 23.4 Å². The topological polar surface area (TPSA) is 257 Å². The molecule has 20 heteroatoms. The van der Waals surface area contributed by atoms with Gasteiger partial charge in [0.2, 0.25) is 23.1 Å².